The Kier molecular flexibility index (Phi) is 4.63. The molecule has 1 aromatic rings. The number of ether oxygens (including phenoxy) is 2. The zero-order valence-corrected chi connectivity index (χ0v) is 12.8. The summed E-state index contributed by atoms with van der Waals surface area (Å²) in [5.74, 6) is 3.86. The van der Waals surface area contributed by atoms with Crippen LogP contribution >= 0.6 is 11.8 Å². The van der Waals surface area contributed by atoms with Crippen LogP contribution in [0.15, 0.2) is 18.2 Å². The number of nitrogens with two attached hydrogens (primary N) is 1. The van der Waals surface area contributed by atoms with Gasteiger partial charge in [0.1, 0.15) is 6.10 Å². The van der Waals surface area contributed by atoms with Crippen LogP contribution in [0.1, 0.15) is 32.3 Å². The van der Waals surface area contributed by atoms with Crippen LogP contribution < -0.4 is 15.2 Å². The lowest BCUT2D eigenvalue weighted by molar-refractivity contribution is 0.197. The SMILES string of the molecule is COc1cccc(C(C)(C)N)c1OC1CCCSC1. The fraction of sp³-hybridized carbons (Fsp3) is 0.600. The third-order valence-electron chi connectivity index (χ3n) is 3.30. The zero-order valence-electron chi connectivity index (χ0n) is 11.9. The van der Waals surface area contributed by atoms with E-state index in [1.807, 2.05) is 43.8 Å². The molecule has 0 radical (unpaired) electrons. The first-order chi connectivity index (χ1) is 9.02. The van der Waals surface area contributed by atoms with Crippen molar-refractivity contribution in [2.75, 3.05) is 18.6 Å². The van der Waals surface area contributed by atoms with Crippen LogP contribution in [0.4, 0.5) is 0 Å². The average Bonchev–Trinajstić information content (AvgIpc) is 2.39. The smallest absolute Gasteiger partial charge is 0.166 e. The van der Waals surface area contributed by atoms with Gasteiger partial charge < -0.3 is 15.2 Å². The van der Waals surface area contributed by atoms with E-state index in [1.165, 1.54) is 12.2 Å². The molecular formula is C15H23NO2S. The molecule has 0 aliphatic carbocycles. The van der Waals surface area contributed by atoms with Crippen molar-refractivity contribution in [1.82, 2.24) is 0 Å². The molecule has 0 bridgehead atoms. The van der Waals surface area contributed by atoms with Gasteiger partial charge >= 0.3 is 0 Å². The highest BCUT2D eigenvalue weighted by Crippen LogP contribution is 2.38. The highest BCUT2D eigenvalue weighted by Gasteiger charge is 2.25. The minimum Gasteiger partial charge on any atom is -0.493 e. The van der Waals surface area contributed by atoms with Gasteiger partial charge in [-0.25, -0.2) is 0 Å². The normalized spacial score (nSPS) is 20.1. The number of hydrogen-bond donors (Lipinski definition) is 1. The summed E-state index contributed by atoms with van der Waals surface area (Å²) in [6.45, 7) is 3.98. The van der Waals surface area contributed by atoms with Gasteiger partial charge in [0.25, 0.3) is 0 Å². The molecular weight excluding hydrogens is 258 g/mol. The molecule has 1 aliphatic rings. The molecule has 1 saturated heterocycles. The molecule has 19 heavy (non-hydrogen) atoms. The van der Waals surface area contributed by atoms with E-state index in [1.54, 1.807) is 7.11 Å². The molecule has 2 rings (SSSR count). The maximum Gasteiger partial charge on any atom is 0.166 e. The minimum atomic E-state index is -0.439. The van der Waals surface area contributed by atoms with Crippen LogP contribution in [0.25, 0.3) is 0 Å². The van der Waals surface area contributed by atoms with Crippen molar-refractivity contribution in [2.24, 2.45) is 5.73 Å². The Hall–Kier alpha value is -0.870. The first-order valence-corrected chi connectivity index (χ1v) is 7.88. The Morgan fingerprint density at radius 3 is 2.74 bits per heavy atom. The highest BCUT2D eigenvalue weighted by atomic mass is 32.2. The van der Waals surface area contributed by atoms with Crippen LogP contribution in [0.3, 0.4) is 0 Å². The van der Waals surface area contributed by atoms with Gasteiger partial charge in [0, 0.05) is 16.9 Å². The van der Waals surface area contributed by atoms with E-state index >= 15 is 0 Å². The van der Waals surface area contributed by atoms with E-state index in [0.29, 0.717) is 0 Å². The first-order valence-electron chi connectivity index (χ1n) is 6.73. The average molecular weight is 281 g/mol. The summed E-state index contributed by atoms with van der Waals surface area (Å²) >= 11 is 1.95. The van der Waals surface area contributed by atoms with E-state index in [-0.39, 0.29) is 6.10 Å². The van der Waals surface area contributed by atoms with Gasteiger partial charge in [0.15, 0.2) is 11.5 Å². The molecule has 0 spiro atoms. The van der Waals surface area contributed by atoms with Crippen LogP contribution in [0, 0.1) is 0 Å². The van der Waals surface area contributed by atoms with Crippen molar-refractivity contribution in [1.29, 1.82) is 0 Å². The Labute approximate surface area is 119 Å². The summed E-state index contributed by atoms with van der Waals surface area (Å²) < 4.78 is 11.6. The maximum atomic E-state index is 6.25. The molecule has 3 nitrogen and oxygen atoms in total. The van der Waals surface area contributed by atoms with E-state index in [0.717, 1.165) is 29.2 Å². The summed E-state index contributed by atoms with van der Waals surface area (Å²) in [6, 6.07) is 5.92. The number of rotatable bonds is 4. The Morgan fingerprint density at radius 2 is 2.16 bits per heavy atom. The van der Waals surface area contributed by atoms with Crippen LogP contribution in [-0.2, 0) is 5.54 Å². The number of thioether (sulfide) groups is 1. The maximum absolute atomic E-state index is 6.25. The predicted octanol–water partition coefficient (Wildman–Crippen LogP) is 3.16. The molecule has 0 aromatic heterocycles. The molecule has 2 N–H and O–H groups in total. The second-order valence-electron chi connectivity index (χ2n) is 5.52. The summed E-state index contributed by atoms with van der Waals surface area (Å²) in [4.78, 5) is 0. The Bertz CT molecular complexity index is 423. The molecule has 0 saturated carbocycles. The third kappa shape index (κ3) is 3.57. The topological polar surface area (TPSA) is 44.5 Å². The van der Waals surface area contributed by atoms with E-state index in [2.05, 4.69) is 0 Å². The lowest BCUT2D eigenvalue weighted by Crippen LogP contribution is -2.31. The molecule has 1 aromatic carbocycles. The number of methoxy groups -OCH3 is 1. The Balaban J connectivity index is 2.29. The molecule has 1 atom stereocenters. The standard InChI is InChI=1S/C15H23NO2S/c1-15(2,16)12-7-4-8-13(17-3)14(12)18-11-6-5-9-19-10-11/h4,7-8,11H,5-6,9-10,16H2,1-3H3. The van der Waals surface area contributed by atoms with Crippen LogP contribution in [-0.4, -0.2) is 24.7 Å². The van der Waals surface area contributed by atoms with E-state index in [9.17, 15) is 0 Å². The van der Waals surface area contributed by atoms with Crippen LogP contribution in [0.5, 0.6) is 11.5 Å². The Morgan fingerprint density at radius 1 is 1.37 bits per heavy atom. The number of hydrogen-bond acceptors (Lipinski definition) is 4. The molecule has 0 amide bonds. The molecule has 106 valence electrons. The van der Waals surface area contributed by atoms with E-state index < -0.39 is 5.54 Å². The second kappa shape index (κ2) is 6.06. The summed E-state index contributed by atoms with van der Waals surface area (Å²) in [6.07, 6.45) is 2.58. The van der Waals surface area contributed by atoms with Crippen molar-refractivity contribution in [2.45, 2.75) is 38.3 Å². The monoisotopic (exact) mass is 281 g/mol. The summed E-state index contributed by atoms with van der Waals surface area (Å²) in [5.41, 5.74) is 6.81. The van der Waals surface area contributed by atoms with Gasteiger partial charge in [-0.15, -0.1) is 0 Å². The lowest BCUT2D eigenvalue weighted by atomic mass is 9.94. The van der Waals surface area contributed by atoms with Crippen molar-refractivity contribution in [3.05, 3.63) is 23.8 Å². The summed E-state index contributed by atoms with van der Waals surface area (Å²) in [5, 5.41) is 0. The van der Waals surface area contributed by atoms with Gasteiger partial charge in [-0.05, 0) is 38.5 Å². The fourth-order valence-corrected chi connectivity index (χ4v) is 3.31. The van der Waals surface area contributed by atoms with Gasteiger partial charge in [-0.1, -0.05) is 12.1 Å². The van der Waals surface area contributed by atoms with Crippen molar-refractivity contribution < 1.29 is 9.47 Å². The van der Waals surface area contributed by atoms with Crippen molar-refractivity contribution in [3.8, 4) is 11.5 Å². The predicted molar refractivity (Wildman–Crippen MR) is 81.2 cm³/mol. The van der Waals surface area contributed by atoms with Gasteiger partial charge in [0.05, 0.1) is 7.11 Å². The lowest BCUT2D eigenvalue weighted by Gasteiger charge is -2.28. The zero-order chi connectivity index (χ0) is 13.9. The molecule has 4 heteroatoms. The highest BCUT2D eigenvalue weighted by molar-refractivity contribution is 7.99. The quantitative estimate of drug-likeness (QED) is 0.920. The van der Waals surface area contributed by atoms with Gasteiger partial charge in [0.2, 0.25) is 0 Å². The van der Waals surface area contributed by atoms with Crippen molar-refractivity contribution in [3.63, 3.8) is 0 Å². The first kappa shape index (κ1) is 14.5. The number of para-hydroxylation sites is 1. The second-order valence-corrected chi connectivity index (χ2v) is 6.67. The fourth-order valence-electron chi connectivity index (χ4n) is 2.28. The van der Waals surface area contributed by atoms with Gasteiger partial charge in [-0.2, -0.15) is 11.8 Å². The van der Waals surface area contributed by atoms with Crippen molar-refractivity contribution >= 4 is 11.8 Å². The molecule has 1 heterocycles. The minimum absolute atomic E-state index is 0.260. The van der Waals surface area contributed by atoms with E-state index in [4.69, 9.17) is 15.2 Å². The molecule has 1 unspecified atom stereocenters. The molecule has 1 fully saturated rings. The largest absolute Gasteiger partial charge is 0.493 e. The van der Waals surface area contributed by atoms with Gasteiger partial charge in [-0.3, -0.25) is 0 Å². The summed E-state index contributed by atoms with van der Waals surface area (Å²) in [7, 11) is 1.67. The third-order valence-corrected chi connectivity index (χ3v) is 4.48. The molecule has 1 aliphatic heterocycles. The van der Waals surface area contributed by atoms with Crippen LogP contribution in [0.2, 0.25) is 0 Å². The number of benzene rings is 1.